The molecule has 0 aliphatic heterocycles. The molecule has 0 fully saturated rings. The molecule has 0 aliphatic rings. The standard InChI is InChI=1S/Ni.H3O4P.Ti.V/c;1-5(2,3)4;;/h;(H3,1,2,3,4);;/q;;;+1/p-1. The minimum absolute atomic E-state index is 0. The predicted molar refractivity (Wildman–Crippen MR) is 13.1 cm³/mol. The first-order valence-electron chi connectivity index (χ1n) is 0.948. The van der Waals surface area contributed by atoms with E-state index >= 15 is 0 Å². The van der Waals surface area contributed by atoms with E-state index in [9.17, 15) is 4.57 Å². The largest absolute Gasteiger partial charge is 0 e. The SMILES string of the molecule is O=P(O)(O)[O][V].[Ni].[Ti]. The molecular weight excluding hydrogens is 252 g/mol. The Balaban J connectivity index is -0.000000125. The van der Waals surface area contributed by atoms with Crippen LogP contribution in [-0.4, -0.2) is 9.79 Å². The smallest absolute Gasteiger partial charge is 0 e. The van der Waals surface area contributed by atoms with E-state index in [2.05, 4.69) is 3.45 Å². The molecule has 2 N–H and O–H groups in total. The van der Waals surface area contributed by atoms with E-state index in [0.29, 0.717) is 0 Å². The van der Waals surface area contributed by atoms with E-state index < -0.39 is 7.82 Å². The monoisotopic (exact) mass is 254 g/mol. The van der Waals surface area contributed by atoms with Crippen molar-refractivity contribution in [3.05, 3.63) is 0 Å². The van der Waals surface area contributed by atoms with Gasteiger partial charge in [0.25, 0.3) is 0 Å². The average Bonchev–Trinajstić information content (AvgIpc) is 1.35. The van der Waals surface area contributed by atoms with Crippen LogP contribution in [0, 0.1) is 0 Å². The van der Waals surface area contributed by atoms with E-state index in [1.165, 1.54) is 17.8 Å². The van der Waals surface area contributed by atoms with E-state index in [0.717, 1.165) is 0 Å². The fourth-order valence-corrected chi connectivity index (χ4v) is 0. The van der Waals surface area contributed by atoms with Gasteiger partial charge in [0.05, 0.1) is 0 Å². The Bertz CT molecular complexity index is 80.1. The van der Waals surface area contributed by atoms with Crippen molar-refractivity contribution in [2.75, 3.05) is 0 Å². The first-order chi connectivity index (χ1) is 2.56. The first kappa shape index (κ1) is 16.5. The predicted octanol–water partition coefficient (Wildman–Crippen LogP) is -0.448. The maximum absolute atomic E-state index is 9.46. The van der Waals surface area contributed by atoms with Crippen LogP contribution in [0.3, 0.4) is 0 Å². The second-order valence-electron chi connectivity index (χ2n) is 0.572. The minimum Gasteiger partial charge on any atom is 0 e. The molecule has 4 nitrogen and oxygen atoms in total. The molecule has 0 saturated heterocycles. The molecule has 8 heteroatoms. The molecule has 0 aromatic heterocycles. The van der Waals surface area contributed by atoms with Crippen LogP contribution < -0.4 is 0 Å². The first-order valence-corrected chi connectivity index (χ1v) is 3.05. The van der Waals surface area contributed by atoms with Crippen LogP contribution in [0.2, 0.25) is 0 Å². The quantitative estimate of drug-likeness (QED) is 0.491. The molecule has 0 aromatic carbocycles. The molecule has 0 atom stereocenters. The van der Waals surface area contributed by atoms with Gasteiger partial charge in [0.15, 0.2) is 0 Å². The van der Waals surface area contributed by atoms with E-state index in [1.807, 2.05) is 0 Å². The molecular formula is H2NiO4PTiV. The molecule has 0 heterocycles. The summed E-state index contributed by atoms with van der Waals surface area (Å²) >= 11 is 1.33. The molecule has 0 saturated carbocycles. The summed E-state index contributed by atoms with van der Waals surface area (Å²) in [6, 6.07) is 0. The molecule has 0 rings (SSSR count). The summed E-state index contributed by atoms with van der Waals surface area (Å²) in [5.41, 5.74) is 0. The summed E-state index contributed by atoms with van der Waals surface area (Å²) in [5.74, 6) is 0. The Kier molecular flexibility index (Phi) is 14.4. The summed E-state index contributed by atoms with van der Waals surface area (Å²) in [6.07, 6.45) is 0. The van der Waals surface area contributed by atoms with E-state index in [1.54, 1.807) is 0 Å². The van der Waals surface area contributed by atoms with Crippen molar-refractivity contribution in [1.29, 1.82) is 0 Å². The van der Waals surface area contributed by atoms with Crippen LogP contribution >= 0.6 is 7.82 Å². The Morgan fingerprint density at radius 1 is 1.50 bits per heavy atom. The van der Waals surface area contributed by atoms with Crippen LogP contribution in [0.25, 0.3) is 0 Å². The zero-order valence-electron chi connectivity index (χ0n) is 3.42. The molecule has 0 spiro atoms. The van der Waals surface area contributed by atoms with Gasteiger partial charge in [-0.25, -0.2) is 0 Å². The Labute approximate surface area is 81.1 Å². The third-order valence-electron chi connectivity index (χ3n) is 0.106. The number of rotatable bonds is 1. The number of hydrogen-bond acceptors (Lipinski definition) is 2. The Morgan fingerprint density at radius 2 is 1.62 bits per heavy atom. The van der Waals surface area contributed by atoms with Crippen LogP contribution in [0.15, 0.2) is 0 Å². The third kappa shape index (κ3) is 15.7. The molecule has 0 unspecified atom stereocenters. The molecule has 0 radical (unpaired) electrons. The number of phosphoric acid groups is 1. The van der Waals surface area contributed by atoms with Crippen molar-refractivity contribution in [3.8, 4) is 0 Å². The van der Waals surface area contributed by atoms with Gasteiger partial charge in [-0.2, -0.15) is 0 Å². The molecule has 0 amide bonds. The molecule has 0 aromatic rings. The topological polar surface area (TPSA) is 66.8 Å². The van der Waals surface area contributed by atoms with Gasteiger partial charge in [-0.1, -0.05) is 0 Å². The van der Waals surface area contributed by atoms with Crippen LogP contribution in [-0.2, 0) is 64.0 Å². The fourth-order valence-electron chi connectivity index (χ4n) is 0. The van der Waals surface area contributed by atoms with Gasteiger partial charge in [-0.15, -0.1) is 0 Å². The summed E-state index contributed by atoms with van der Waals surface area (Å²) in [7, 11) is -4.17. The van der Waals surface area contributed by atoms with Crippen LogP contribution in [0.1, 0.15) is 0 Å². The minimum atomic E-state index is -4.17. The Morgan fingerprint density at radius 3 is 1.62 bits per heavy atom. The second-order valence-corrected chi connectivity index (χ2v) is 2.48. The zero-order valence-corrected chi connectivity index (χ0v) is 8.26. The van der Waals surface area contributed by atoms with E-state index in [4.69, 9.17) is 9.79 Å². The van der Waals surface area contributed by atoms with Gasteiger partial charge >= 0.3 is 43.4 Å². The number of hydrogen-bond donors (Lipinski definition) is 2. The Hall–Kier alpha value is 1.90. The maximum atomic E-state index is 9.46. The normalized spacial score (nSPS) is 8.75. The zero-order chi connectivity index (χ0) is 5.21. The van der Waals surface area contributed by atoms with Crippen molar-refractivity contribution in [2.24, 2.45) is 0 Å². The summed E-state index contributed by atoms with van der Waals surface area (Å²) in [4.78, 5) is 15.4. The van der Waals surface area contributed by atoms with E-state index in [-0.39, 0.29) is 38.2 Å². The van der Waals surface area contributed by atoms with Crippen molar-refractivity contribution in [2.45, 2.75) is 0 Å². The van der Waals surface area contributed by atoms with Gasteiger partial charge in [0.2, 0.25) is 0 Å². The average molecular weight is 254 g/mol. The second kappa shape index (κ2) is 7.01. The van der Waals surface area contributed by atoms with Gasteiger partial charge in [0, 0.05) is 38.2 Å². The van der Waals surface area contributed by atoms with Crippen molar-refractivity contribution < 1.29 is 73.8 Å². The van der Waals surface area contributed by atoms with Crippen molar-refractivity contribution in [3.63, 3.8) is 0 Å². The third-order valence-corrected chi connectivity index (χ3v) is 1.32. The van der Waals surface area contributed by atoms with Gasteiger partial charge in [0.1, 0.15) is 0 Å². The van der Waals surface area contributed by atoms with Crippen molar-refractivity contribution in [1.82, 2.24) is 0 Å². The van der Waals surface area contributed by atoms with Crippen LogP contribution in [0.4, 0.5) is 0 Å². The summed E-state index contributed by atoms with van der Waals surface area (Å²) < 4.78 is 13.0. The van der Waals surface area contributed by atoms with Gasteiger partial charge < -0.3 is 0 Å². The van der Waals surface area contributed by atoms with Gasteiger partial charge in [-0.3, -0.25) is 0 Å². The molecule has 0 aliphatic carbocycles. The maximum Gasteiger partial charge on any atom is 0 e. The fraction of sp³-hybridized carbons (Fsp3) is 0. The summed E-state index contributed by atoms with van der Waals surface area (Å²) in [5, 5.41) is 0. The summed E-state index contributed by atoms with van der Waals surface area (Å²) in [6.45, 7) is 0. The van der Waals surface area contributed by atoms with Crippen molar-refractivity contribution >= 4 is 7.82 Å². The molecule has 8 heavy (non-hydrogen) atoms. The van der Waals surface area contributed by atoms with Crippen LogP contribution in [0.5, 0.6) is 0 Å². The molecule has 50 valence electrons. The molecule has 0 bridgehead atoms. The van der Waals surface area contributed by atoms with Gasteiger partial charge in [-0.05, 0) is 0 Å².